The molecule has 0 atom stereocenters. The normalized spacial score (nSPS) is 15.0. The van der Waals surface area contributed by atoms with Crippen LogP contribution in [-0.4, -0.2) is 26.7 Å². The maximum atomic E-state index is 12.5. The first-order chi connectivity index (χ1) is 12.4. The van der Waals surface area contributed by atoms with Crippen LogP contribution in [0, 0.1) is 0 Å². The summed E-state index contributed by atoms with van der Waals surface area (Å²) in [6.07, 6.45) is 2.43. The molecule has 3 rings (SSSR count). The number of anilines is 2. The van der Waals surface area contributed by atoms with Crippen LogP contribution in [0.15, 0.2) is 53.4 Å². The molecule has 2 aromatic carbocycles. The van der Waals surface area contributed by atoms with Gasteiger partial charge in [-0.15, -0.1) is 0 Å². The van der Waals surface area contributed by atoms with Crippen LogP contribution in [0.1, 0.15) is 36.5 Å². The van der Waals surface area contributed by atoms with Crippen molar-refractivity contribution in [1.29, 1.82) is 0 Å². The highest BCUT2D eigenvalue weighted by molar-refractivity contribution is 7.92. The lowest BCUT2D eigenvalue weighted by atomic mass is 10.1. The molecule has 0 radical (unpaired) electrons. The second kappa shape index (κ2) is 7.29. The first-order valence-corrected chi connectivity index (χ1v) is 9.89. The Hall–Kier alpha value is -2.67. The van der Waals surface area contributed by atoms with Gasteiger partial charge >= 0.3 is 0 Å². The molecule has 1 amide bonds. The predicted octanol–water partition coefficient (Wildman–Crippen LogP) is 3.21. The minimum Gasteiger partial charge on any atom is -0.312 e. The summed E-state index contributed by atoms with van der Waals surface area (Å²) >= 11 is 0. The number of nitrogens with one attached hydrogen (secondary N) is 1. The van der Waals surface area contributed by atoms with Gasteiger partial charge in [-0.25, -0.2) is 8.42 Å². The van der Waals surface area contributed by atoms with E-state index in [1.165, 1.54) is 31.2 Å². The van der Waals surface area contributed by atoms with Gasteiger partial charge in [-0.05, 0) is 56.2 Å². The molecule has 1 heterocycles. The fourth-order valence-electron chi connectivity index (χ4n) is 2.87. The number of Topliss-reactive ketones (excluding diaryl/α,β-unsaturated/α-hetero) is 1. The Balaban J connectivity index is 1.75. The minimum atomic E-state index is -3.75. The van der Waals surface area contributed by atoms with E-state index in [2.05, 4.69) is 4.72 Å². The molecule has 2 aromatic rings. The quantitative estimate of drug-likeness (QED) is 0.817. The molecule has 1 aliphatic rings. The summed E-state index contributed by atoms with van der Waals surface area (Å²) < 4.78 is 27.4. The molecule has 6 nitrogen and oxygen atoms in total. The number of ketones is 1. The van der Waals surface area contributed by atoms with Crippen LogP contribution in [0.2, 0.25) is 0 Å². The third-order valence-corrected chi connectivity index (χ3v) is 5.72. The Morgan fingerprint density at radius 1 is 1.00 bits per heavy atom. The lowest BCUT2D eigenvalue weighted by Gasteiger charge is -2.26. The third-order valence-electron chi connectivity index (χ3n) is 4.33. The summed E-state index contributed by atoms with van der Waals surface area (Å²) in [6, 6.07) is 12.5. The highest BCUT2D eigenvalue weighted by Crippen LogP contribution is 2.24. The van der Waals surface area contributed by atoms with E-state index in [9.17, 15) is 18.0 Å². The van der Waals surface area contributed by atoms with Crippen molar-refractivity contribution in [3.05, 3.63) is 54.1 Å². The molecule has 1 N–H and O–H groups in total. The van der Waals surface area contributed by atoms with Crippen LogP contribution in [-0.2, 0) is 14.8 Å². The van der Waals surface area contributed by atoms with Crippen molar-refractivity contribution in [3.8, 4) is 0 Å². The molecular weight excluding hydrogens is 352 g/mol. The number of sulfonamides is 1. The number of carbonyl (C=O) groups excluding carboxylic acids is 2. The summed E-state index contributed by atoms with van der Waals surface area (Å²) in [4.78, 5) is 25.1. The zero-order valence-corrected chi connectivity index (χ0v) is 15.3. The maximum Gasteiger partial charge on any atom is 0.261 e. The van der Waals surface area contributed by atoms with Gasteiger partial charge in [-0.3, -0.25) is 14.3 Å². The largest absolute Gasteiger partial charge is 0.312 e. The number of rotatable bonds is 5. The molecule has 26 heavy (non-hydrogen) atoms. The van der Waals surface area contributed by atoms with Gasteiger partial charge in [0.2, 0.25) is 5.91 Å². The molecular formula is C19H20N2O4S. The summed E-state index contributed by atoms with van der Waals surface area (Å²) in [5.74, 6) is -0.0279. The lowest BCUT2D eigenvalue weighted by molar-refractivity contribution is -0.119. The zero-order valence-electron chi connectivity index (χ0n) is 14.4. The predicted molar refractivity (Wildman–Crippen MR) is 99.9 cm³/mol. The highest BCUT2D eigenvalue weighted by Gasteiger charge is 2.20. The van der Waals surface area contributed by atoms with Gasteiger partial charge in [-0.1, -0.05) is 12.1 Å². The van der Waals surface area contributed by atoms with Crippen LogP contribution in [0.25, 0.3) is 0 Å². The van der Waals surface area contributed by atoms with Gasteiger partial charge in [0.05, 0.1) is 4.90 Å². The minimum absolute atomic E-state index is 0.0813. The summed E-state index contributed by atoms with van der Waals surface area (Å²) in [5.41, 5.74) is 1.64. The second-order valence-electron chi connectivity index (χ2n) is 6.24. The van der Waals surface area contributed by atoms with Crippen molar-refractivity contribution in [2.75, 3.05) is 16.2 Å². The lowest BCUT2D eigenvalue weighted by Crippen LogP contribution is -2.35. The number of hydrogen-bond donors (Lipinski definition) is 1. The average Bonchev–Trinajstić information content (AvgIpc) is 2.63. The molecule has 7 heteroatoms. The van der Waals surface area contributed by atoms with Gasteiger partial charge in [-0.2, -0.15) is 0 Å². The van der Waals surface area contributed by atoms with Crippen molar-refractivity contribution in [1.82, 2.24) is 0 Å². The van der Waals surface area contributed by atoms with Crippen molar-refractivity contribution in [2.45, 2.75) is 31.1 Å². The van der Waals surface area contributed by atoms with Crippen molar-refractivity contribution in [2.24, 2.45) is 0 Å². The van der Waals surface area contributed by atoms with Crippen LogP contribution < -0.4 is 9.62 Å². The summed E-state index contributed by atoms with van der Waals surface area (Å²) in [5, 5.41) is 0. The van der Waals surface area contributed by atoms with Crippen LogP contribution in [0.4, 0.5) is 11.4 Å². The smallest absolute Gasteiger partial charge is 0.261 e. The first kappa shape index (κ1) is 18.1. The molecule has 1 fully saturated rings. The molecule has 1 aliphatic heterocycles. The van der Waals surface area contributed by atoms with E-state index < -0.39 is 10.0 Å². The number of piperidine rings is 1. The van der Waals surface area contributed by atoms with Crippen LogP contribution >= 0.6 is 0 Å². The third kappa shape index (κ3) is 3.94. The van der Waals surface area contributed by atoms with Crippen molar-refractivity contribution >= 4 is 33.1 Å². The van der Waals surface area contributed by atoms with Gasteiger partial charge in [0.15, 0.2) is 5.78 Å². The second-order valence-corrected chi connectivity index (χ2v) is 7.92. The summed E-state index contributed by atoms with van der Waals surface area (Å²) in [6.45, 7) is 2.11. The number of carbonyl (C=O) groups is 2. The van der Waals surface area contributed by atoms with E-state index in [1.54, 1.807) is 29.2 Å². The zero-order chi connectivity index (χ0) is 18.7. The fraction of sp³-hybridized carbons (Fsp3) is 0.263. The molecule has 0 spiro atoms. The molecule has 1 saturated heterocycles. The van der Waals surface area contributed by atoms with E-state index in [-0.39, 0.29) is 16.6 Å². The van der Waals surface area contributed by atoms with E-state index in [4.69, 9.17) is 0 Å². The SMILES string of the molecule is CC(=O)c1ccc(S(=O)(=O)Nc2ccc(N3CCCCC3=O)cc2)cc1. The topological polar surface area (TPSA) is 83.6 Å². The molecule has 0 aliphatic carbocycles. The van der Waals surface area contributed by atoms with Gasteiger partial charge in [0, 0.05) is 29.9 Å². The number of benzene rings is 2. The van der Waals surface area contributed by atoms with Gasteiger partial charge < -0.3 is 4.90 Å². The molecule has 0 unspecified atom stereocenters. The van der Waals surface area contributed by atoms with E-state index in [0.29, 0.717) is 24.2 Å². The Bertz CT molecular complexity index is 919. The van der Waals surface area contributed by atoms with E-state index in [0.717, 1.165) is 18.5 Å². The van der Waals surface area contributed by atoms with Gasteiger partial charge in [0.25, 0.3) is 10.0 Å². The molecule has 0 aromatic heterocycles. The molecule has 136 valence electrons. The Morgan fingerprint density at radius 3 is 2.23 bits per heavy atom. The van der Waals surface area contributed by atoms with Crippen molar-refractivity contribution in [3.63, 3.8) is 0 Å². The standard InChI is InChI=1S/C19H20N2O4S/c1-14(22)15-5-11-18(12-6-15)26(24,25)20-16-7-9-17(10-8-16)21-13-3-2-4-19(21)23/h5-12,20H,2-4,13H2,1H3. The highest BCUT2D eigenvalue weighted by atomic mass is 32.2. The average molecular weight is 372 g/mol. The van der Waals surface area contributed by atoms with Gasteiger partial charge in [0.1, 0.15) is 0 Å². The Labute approximate surface area is 152 Å². The molecule has 0 saturated carbocycles. The Morgan fingerprint density at radius 2 is 1.65 bits per heavy atom. The van der Waals surface area contributed by atoms with E-state index >= 15 is 0 Å². The number of hydrogen-bond acceptors (Lipinski definition) is 4. The Kier molecular flexibility index (Phi) is 5.08. The number of amides is 1. The van der Waals surface area contributed by atoms with Crippen molar-refractivity contribution < 1.29 is 18.0 Å². The maximum absolute atomic E-state index is 12.5. The van der Waals surface area contributed by atoms with Crippen LogP contribution in [0.5, 0.6) is 0 Å². The monoisotopic (exact) mass is 372 g/mol. The van der Waals surface area contributed by atoms with Crippen LogP contribution in [0.3, 0.4) is 0 Å². The fourth-order valence-corrected chi connectivity index (χ4v) is 3.93. The first-order valence-electron chi connectivity index (χ1n) is 8.41. The van der Waals surface area contributed by atoms with E-state index in [1.807, 2.05) is 0 Å². The number of nitrogens with zero attached hydrogens (tertiary/aromatic N) is 1. The molecule has 0 bridgehead atoms. The summed E-state index contributed by atoms with van der Waals surface area (Å²) in [7, 11) is -3.75.